The van der Waals surface area contributed by atoms with Crippen LogP contribution in [0.15, 0.2) is 18.2 Å². The molecular weight excluding hydrogens is 250 g/mol. The topological polar surface area (TPSA) is 110 Å². The molecule has 90 valence electrons. The zero-order valence-corrected chi connectivity index (χ0v) is 9.15. The minimum atomic E-state index is -3.59. The van der Waals surface area contributed by atoms with Crippen molar-refractivity contribution in [2.75, 3.05) is 10.7 Å². The minimum absolute atomic E-state index is 0.0587. The number of anilines is 1. The van der Waals surface area contributed by atoms with Gasteiger partial charge in [-0.2, -0.15) is 0 Å². The Hall–Kier alpha value is -2.09. The van der Waals surface area contributed by atoms with E-state index in [4.69, 9.17) is 9.84 Å². The molecule has 0 spiro atoms. The molecule has 17 heavy (non-hydrogen) atoms. The number of carboxylic acids is 1. The van der Waals surface area contributed by atoms with Crippen LogP contribution in [-0.4, -0.2) is 31.2 Å². The van der Waals surface area contributed by atoms with E-state index < -0.39 is 27.7 Å². The van der Waals surface area contributed by atoms with Crippen LogP contribution in [0.1, 0.15) is 10.4 Å². The van der Waals surface area contributed by atoms with Crippen LogP contribution >= 0.6 is 0 Å². The smallest absolute Gasteiger partial charge is 0.377 e. The summed E-state index contributed by atoms with van der Waals surface area (Å²) in [5.74, 6) is -2.98. The van der Waals surface area contributed by atoms with Gasteiger partial charge in [-0.15, -0.1) is 0 Å². The molecule has 0 radical (unpaired) electrons. The van der Waals surface area contributed by atoms with Crippen molar-refractivity contribution in [2.24, 2.45) is 0 Å². The highest BCUT2D eigenvalue weighted by Crippen LogP contribution is 2.30. The second-order valence-electron chi connectivity index (χ2n) is 3.32. The van der Waals surface area contributed by atoms with Gasteiger partial charge in [0.05, 0.1) is 5.69 Å². The zero-order valence-electron chi connectivity index (χ0n) is 8.34. The molecule has 0 bridgehead atoms. The third-order valence-corrected chi connectivity index (χ3v) is 3.03. The van der Waals surface area contributed by atoms with Gasteiger partial charge >= 0.3 is 5.97 Å². The summed E-state index contributed by atoms with van der Waals surface area (Å²) in [5, 5.41) is 8.52. The van der Waals surface area contributed by atoms with Crippen molar-refractivity contribution < 1.29 is 27.9 Å². The van der Waals surface area contributed by atoms with E-state index in [1.165, 1.54) is 12.1 Å². The normalized spacial score (nSPS) is 16.2. The van der Waals surface area contributed by atoms with Gasteiger partial charge < -0.3 is 9.84 Å². The van der Waals surface area contributed by atoms with Crippen LogP contribution in [0.4, 0.5) is 5.69 Å². The molecule has 0 saturated carbocycles. The fourth-order valence-corrected chi connectivity index (χ4v) is 2.17. The average Bonchev–Trinajstić information content (AvgIpc) is 2.25. The van der Waals surface area contributed by atoms with Crippen LogP contribution in [-0.2, 0) is 14.8 Å². The van der Waals surface area contributed by atoms with E-state index in [0.717, 1.165) is 6.07 Å². The maximum atomic E-state index is 11.2. The van der Waals surface area contributed by atoms with Crippen LogP contribution in [0.25, 0.3) is 0 Å². The van der Waals surface area contributed by atoms with Crippen molar-refractivity contribution in [3.05, 3.63) is 23.8 Å². The molecule has 1 aromatic carbocycles. The van der Waals surface area contributed by atoms with Crippen LogP contribution < -0.4 is 9.46 Å². The molecule has 0 aliphatic carbocycles. The Morgan fingerprint density at radius 2 is 2.06 bits per heavy atom. The van der Waals surface area contributed by atoms with Gasteiger partial charge in [0.1, 0.15) is 5.75 Å². The number of carbonyl (C=O) groups is 2. The molecule has 7 nitrogen and oxygen atoms in total. The summed E-state index contributed by atoms with van der Waals surface area (Å²) < 4.78 is 29.5. The number of carboxylic acid groups (broad SMARTS) is 1. The molecule has 0 saturated heterocycles. The van der Waals surface area contributed by atoms with Gasteiger partial charge in [-0.1, -0.05) is 0 Å². The number of ketones is 1. The summed E-state index contributed by atoms with van der Waals surface area (Å²) in [6.07, 6.45) is 0. The van der Waals surface area contributed by atoms with Crippen molar-refractivity contribution in [2.45, 2.75) is 0 Å². The number of aliphatic carboxylic acids is 1. The summed E-state index contributed by atoms with van der Waals surface area (Å²) in [5.41, 5.74) is -0.0622. The Bertz CT molecular complexity index is 606. The van der Waals surface area contributed by atoms with Crippen molar-refractivity contribution in [1.82, 2.24) is 0 Å². The summed E-state index contributed by atoms with van der Waals surface area (Å²) in [4.78, 5) is 21.6. The maximum absolute atomic E-state index is 11.2. The monoisotopic (exact) mass is 257 g/mol. The highest BCUT2D eigenvalue weighted by atomic mass is 32.2. The minimum Gasteiger partial charge on any atom is -0.475 e. The molecular formula is C9H7NO6S. The molecule has 0 fully saturated rings. The summed E-state index contributed by atoms with van der Waals surface area (Å²) in [7, 11) is -3.59. The van der Waals surface area contributed by atoms with Crippen LogP contribution in [0.2, 0.25) is 0 Å². The zero-order chi connectivity index (χ0) is 12.6. The maximum Gasteiger partial charge on any atom is 0.377 e. The van der Waals surface area contributed by atoms with E-state index in [1.54, 1.807) is 0 Å². The first-order chi connectivity index (χ1) is 7.89. The fourth-order valence-electron chi connectivity index (χ4n) is 1.34. The van der Waals surface area contributed by atoms with Gasteiger partial charge in [0, 0.05) is 5.56 Å². The second kappa shape index (κ2) is 3.74. The number of sulfonamides is 1. The lowest BCUT2D eigenvalue weighted by atomic mass is 10.1. The molecule has 0 amide bonds. The molecule has 1 heterocycles. The molecule has 8 heteroatoms. The lowest BCUT2D eigenvalue weighted by Crippen LogP contribution is -2.26. The number of rotatable bonds is 2. The predicted octanol–water partition coefficient (Wildman–Crippen LogP) is 0.0455. The average molecular weight is 257 g/mol. The molecule has 0 unspecified atom stereocenters. The number of ether oxygens (including phenoxy) is 1. The van der Waals surface area contributed by atoms with Gasteiger partial charge in [-0.05, 0) is 18.2 Å². The Morgan fingerprint density at radius 3 is 2.71 bits per heavy atom. The van der Waals surface area contributed by atoms with E-state index in [-0.39, 0.29) is 17.0 Å². The number of hydrogen-bond donors (Lipinski definition) is 2. The van der Waals surface area contributed by atoms with Gasteiger partial charge in [0.15, 0.2) is 0 Å². The highest BCUT2D eigenvalue weighted by molar-refractivity contribution is 7.92. The quantitative estimate of drug-likeness (QED) is 0.572. The summed E-state index contributed by atoms with van der Waals surface area (Å²) >= 11 is 0. The summed E-state index contributed by atoms with van der Waals surface area (Å²) in [6.45, 7) is 0. The Labute approximate surface area is 96.1 Å². The standard InChI is InChI=1S/C9H7NO6S/c11-8(9(12)13)5-1-2-7-6(3-5)10-17(14,15)4-16-7/h1-3,10H,4H2,(H,12,13). The van der Waals surface area contributed by atoms with Gasteiger partial charge in [0.25, 0.3) is 15.8 Å². The third kappa shape index (κ3) is 2.21. The summed E-state index contributed by atoms with van der Waals surface area (Å²) in [6, 6.07) is 3.73. The highest BCUT2D eigenvalue weighted by Gasteiger charge is 2.23. The number of fused-ring (bicyclic) bond motifs is 1. The van der Waals surface area contributed by atoms with Gasteiger partial charge in [0.2, 0.25) is 5.94 Å². The largest absolute Gasteiger partial charge is 0.475 e. The van der Waals surface area contributed by atoms with Crippen molar-refractivity contribution in [1.29, 1.82) is 0 Å². The lowest BCUT2D eigenvalue weighted by Gasteiger charge is -2.19. The van der Waals surface area contributed by atoms with Gasteiger partial charge in [-0.25, -0.2) is 13.2 Å². The first-order valence-electron chi connectivity index (χ1n) is 4.44. The molecule has 0 atom stereocenters. The van der Waals surface area contributed by atoms with E-state index in [0.29, 0.717) is 0 Å². The second-order valence-corrected chi connectivity index (χ2v) is 4.99. The van der Waals surface area contributed by atoms with Crippen molar-refractivity contribution >= 4 is 27.5 Å². The van der Waals surface area contributed by atoms with E-state index in [1.807, 2.05) is 0 Å². The van der Waals surface area contributed by atoms with Crippen molar-refractivity contribution in [3.8, 4) is 5.75 Å². The Morgan fingerprint density at radius 1 is 1.35 bits per heavy atom. The number of hydrogen-bond acceptors (Lipinski definition) is 5. The van der Waals surface area contributed by atoms with Crippen LogP contribution in [0.5, 0.6) is 5.75 Å². The SMILES string of the molecule is O=C(O)C(=O)c1ccc2c(c1)NS(=O)(=O)CO2. The fraction of sp³-hybridized carbons (Fsp3) is 0.111. The molecule has 1 aromatic rings. The number of nitrogens with one attached hydrogen (secondary N) is 1. The first-order valence-corrected chi connectivity index (χ1v) is 6.09. The molecule has 2 rings (SSSR count). The molecule has 2 N–H and O–H groups in total. The molecule has 0 aromatic heterocycles. The van der Waals surface area contributed by atoms with E-state index in [9.17, 15) is 18.0 Å². The molecule has 1 aliphatic rings. The van der Waals surface area contributed by atoms with E-state index >= 15 is 0 Å². The number of Topliss-reactive ketones (excluding diaryl/α,β-unsaturated/α-hetero) is 1. The lowest BCUT2D eigenvalue weighted by molar-refractivity contribution is -0.131. The predicted molar refractivity (Wildman–Crippen MR) is 56.4 cm³/mol. The first kappa shape index (κ1) is 11.4. The van der Waals surface area contributed by atoms with Crippen molar-refractivity contribution in [3.63, 3.8) is 0 Å². The van der Waals surface area contributed by atoms with Crippen LogP contribution in [0.3, 0.4) is 0 Å². The molecule has 1 aliphatic heterocycles. The Balaban J connectivity index is 2.44. The Kier molecular flexibility index (Phi) is 2.50. The van der Waals surface area contributed by atoms with Crippen LogP contribution in [0, 0.1) is 0 Å². The number of carbonyl (C=O) groups excluding carboxylic acids is 1. The van der Waals surface area contributed by atoms with Gasteiger partial charge in [-0.3, -0.25) is 9.52 Å². The third-order valence-electron chi connectivity index (χ3n) is 2.07. The van der Waals surface area contributed by atoms with E-state index in [2.05, 4.69) is 4.72 Å². The number of benzene rings is 1.